The summed E-state index contributed by atoms with van der Waals surface area (Å²) in [5, 5.41) is 0. The zero-order chi connectivity index (χ0) is 21.9. The molecule has 2 fully saturated rings. The first-order valence-electron chi connectivity index (χ1n) is 10.3. The van der Waals surface area contributed by atoms with Gasteiger partial charge in [0.25, 0.3) is 0 Å². The summed E-state index contributed by atoms with van der Waals surface area (Å²) >= 11 is 0. The van der Waals surface area contributed by atoms with E-state index < -0.39 is 32.1 Å². The predicted molar refractivity (Wildman–Crippen MR) is 106 cm³/mol. The van der Waals surface area contributed by atoms with E-state index in [4.69, 9.17) is 29.0 Å². The minimum absolute atomic E-state index is 0.00286. The molecule has 3 N–H and O–H groups in total. The molecule has 0 amide bonds. The van der Waals surface area contributed by atoms with Gasteiger partial charge < -0.3 is 24.5 Å². The summed E-state index contributed by atoms with van der Waals surface area (Å²) in [5.41, 5.74) is 6.22. The third-order valence-corrected chi connectivity index (χ3v) is 6.24. The Bertz CT molecular complexity index is 601. The van der Waals surface area contributed by atoms with Gasteiger partial charge in [0.2, 0.25) is 0 Å². The van der Waals surface area contributed by atoms with E-state index in [1.54, 1.807) is 6.92 Å². The molecule has 1 heterocycles. The van der Waals surface area contributed by atoms with Gasteiger partial charge in [-0.1, -0.05) is 6.92 Å². The standard InChI is InChI=1S/C19H36NO8P/c1-10(2)24-9-14-15(7-12(5)17(14)20)27-29(22,23)28-19(21)18-16(25-11(3)4)8-13(6)26-18/h10-18H,7-9,20H2,1-6H3,(H,22,23)/t12-,13-,14+,15+,16?,17?,18-/m0/s1. The molecule has 0 aromatic heterocycles. The van der Waals surface area contributed by atoms with Gasteiger partial charge in [0, 0.05) is 18.4 Å². The van der Waals surface area contributed by atoms with Crippen LogP contribution in [0, 0.1) is 11.8 Å². The lowest BCUT2D eigenvalue weighted by molar-refractivity contribution is -0.155. The topological polar surface area (TPSA) is 127 Å². The Labute approximate surface area is 173 Å². The van der Waals surface area contributed by atoms with Gasteiger partial charge in [0.15, 0.2) is 6.10 Å². The van der Waals surface area contributed by atoms with Crippen molar-refractivity contribution in [2.24, 2.45) is 17.6 Å². The zero-order valence-electron chi connectivity index (χ0n) is 18.1. The average Bonchev–Trinajstić information content (AvgIpc) is 3.04. The molecule has 8 atom stereocenters. The fourth-order valence-corrected chi connectivity index (χ4v) is 4.86. The van der Waals surface area contributed by atoms with Crippen LogP contribution in [0.15, 0.2) is 0 Å². The maximum atomic E-state index is 12.6. The second kappa shape index (κ2) is 10.2. The lowest BCUT2D eigenvalue weighted by Gasteiger charge is -2.26. The maximum Gasteiger partial charge on any atom is 0.529 e. The van der Waals surface area contributed by atoms with Gasteiger partial charge in [-0.3, -0.25) is 9.42 Å². The van der Waals surface area contributed by atoms with Crippen LogP contribution in [0.1, 0.15) is 54.4 Å². The molecule has 0 radical (unpaired) electrons. The molecular formula is C19H36NO8P. The summed E-state index contributed by atoms with van der Waals surface area (Å²) in [5.74, 6) is -1.15. The van der Waals surface area contributed by atoms with Crippen LogP contribution in [0.25, 0.3) is 0 Å². The highest BCUT2D eigenvalue weighted by Gasteiger charge is 2.47. The van der Waals surface area contributed by atoms with E-state index in [9.17, 15) is 14.3 Å². The number of carbonyl (C=O) groups is 1. The van der Waals surface area contributed by atoms with Gasteiger partial charge in [0.05, 0.1) is 37.1 Å². The minimum Gasteiger partial charge on any atom is -0.378 e. The Balaban J connectivity index is 2.00. The van der Waals surface area contributed by atoms with Crippen molar-refractivity contribution >= 4 is 13.8 Å². The fraction of sp³-hybridized carbons (Fsp3) is 0.947. The summed E-state index contributed by atoms with van der Waals surface area (Å²) in [6, 6.07) is -0.239. The van der Waals surface area contributed by atoms with Crippen molar-refractivity contribution in [3.05, 3.63) is 0 Å². The van der Waals surface area contributed by atoms with E-state index in [0.717, 1.165) is 0 Å². The third kappa shape index (κ3) is 6.99. The highest BCUT2D eigenvalue weighted by molar-refractivity contribution is 7.48. The lowest BCUT2D eigenvalue weighted by atomic mass is 10.0. The Morgan fingerprint density at radius 2 is 1.83 bits per heavy atom. The summed E-state index contributed by atoms with van der Waals surface area (Å²) in [6.07, 6.45) is -1.62. The molecule has 9 nitrogen and oxygen atoms in total. The van der Waals surface area contributed by atoms with Crippen molar-refractivity contribution in [2.45, 2.75) is 97.0 Å². The first kappa shape index (κ1) is 24.7. The highest BCUT2D eigenvalue weighted by Crippen LogP contribution is 2.50. The second-order valence-corrected chi connectivity index (χ2v) is 10.0. The van der Waals surface area contributed by atoms with Gasteiger partial charge in [-0.25, -0.2) is 9.36 Å². The predicted octanol–water partition coefficient (Wildman–Crippen LogP) is 2.39. The summed E-state index contributed by atoms with van der Waals surface area (Å²) < 4.78 is 39.7. The van der Waals surface area contributed by atoms with Crippen molar-refractivity contribution in [3.8, 4) is 0 Å². The average molecular weight is 437 g/mol. The number of hydrogen-bond acceptors (Lipinski definition) is 8. The molecule has 1 aliphatic heterocycles. The van der Waals surface area contributed by atoms with E-state index in [0.29, 0.717) is 19.4 Å². The van der Waals surface area contributed by atoms with Crippen LogP contribution in [0.2, 0.25) is 0 Å². The molecule has 1 aliphatic carbocycles. The number of carbonyl (C=O) groups excluding carboxylic acids is 1. The smallest absolute Gasteiger partial charge is 0.378 e. The van der Waals surface area contributed by atoms with E-state index in [-0.39, 0.29) is 36.2 Å². The minimum atomic E-state index is -4.66. The molecule has 1 saturated heterocycles. The summed E-state index contributed by atoms with van der Waals surface area (Å²) in [7, 11) is -4.66. The number of phosphoric ester groups is 1. The van der Waals surface area contributed by atoms with Crippen molar-refractivity contribution in [1.82, 2.24) is 0 Å². The number of hydrogen-bond donors (Lipinski definition) is 2. The molecule has 1 saturated carbocycles. The second-order valence-electron chi connectivity index (χ2n) is 8.69. The van der Waals surface area contributed by atoms with Crippen molar-refractivity contribution in [1.29, 1.82) is 0 Å². The molecule has 0 aromatic carbocycles. The molecule has 10 heteroatoms. The van der Waals surface area contributed by atoms with Crippen molar-refractivity contribution < 1.29 is 37.5 Å². The Morgan fingerprint density at radius 1 is 1.17 bits per heavy atom. The number of rotatable bonds is 9. The molecule has 3 unspecified atom stereocenters. The van der Waals surface area contributed by atoms with Crippen LogP contribution in [0.4, 0.5) is 0 Å². The molecule has 29 heavy (non-hydrogen) atoms. The third-order valence-electron chi connectivity index (χ3n) is 5.29. The summed E-state index contributed by atoms with van der Waals surface area (Å²) in [6.45, 7) is 11.5. The van der Waals surface area contributed by atoms with E-state index in [2.05, 4.69) is 0 Å². The molecule has 2 rings (SSSR count). The van der Waals surface area contributed by atoms with E-state index in [1.165, 1.54) is 0 Å². The summed E-state index contributed by atoms with van der Waals surface area (Å²) in [4.78, 5) is 22.7. The van der Waals surface area contributed by atoms with Crippen molar-refractivity contribution in [2.75, 3.05) is 6.61 Å². The fourth-order valence-electron chi connectivity index (χ4n) is 3.90. The maximum absolute atomic E-state index is 12.6. The Kier molecular flexibility index (Phi) is 8.68. The number of phosphoric acid groups is 1. The van der Waals surface area contributed by atoms with Crippen LogP contribution in [-0.2, 0) is 32.6 Å². The van der Waals surface area contributed by atoms with Crippen molar-refractivity contribution in [3.63, 3.8) is 0 Å². The monoisotopic (exact) mass is 437 g/mol. The largest absolute Gasteiger partial charge is 0.529 e. The first-order chi connectivity index (χ1) is 13.4. The molecule has 0 bridgehead atoms. The van der Waals surface area contributed by atoms with Gasteiger partial charge in [-0.05, 0) is 47.0 Å². The van der Waals surface area contributed by atoms with E-state index in [1.807, 2.05) is 34.6 Å². The number of nitrogens with two attached hydrogens (primary N) is 1. The molecule has 2 aliphatic rings. The van der Waals surface area contributed by atoms with Crippen LogP contribution in [0.3, 0.4) is 0 Å². The van der Waals surface area contributed by atoms with Crippen LogP contribution >= 0.6 is 7.82 Å². The van der Waals surface area contributed by atoms with E-state index >= 15 is 0 Å². The molecule has 0 spiro atoms. The molecular weight excluding hydrogens is 401 g/mol. The Morgan fingerprint density at radius 3 is 2.41 bits per heavy atom. The van der Waals surface area contributed by atoms with Crippen LogP contribution in [0.5, 0.6) is 0 Å². The number of ether oxygens (including phenoxy) is 3. The lowest BCUT2D eigenvalue weighted by Crippen LogP contribution is -2.38. The first-order valence-corrected chi connectivity index (χ1v) is 11.8. The van der Waals surface area contributed by atoms with Gasteiger partial charge in [0.1, 0.15) is 0 Å². The van der Waals surface area contributed by atoms with Gasteiger partial charge >= 0.3 is 13.8 Å². The van der Waals surface area contributed by atoms with Crippen LogP contribution < -0.4 is 5.73 Å². The SMILES string of the molecule is CC(C)OC[C@H]1C(N)[C@@H](C)C[C@H]1OP(=O)(O)OC(=O)[C@H]1O[C@@H](C)CC1OC(C)C. The van der Waals surface area contributed by atoms with Crippen LogP contribution in [-0.4, -0.2) is 60.1 Å². The molecule has 0 aromatic rings. The van der Waals surface area contributed by atoms with Gasteiger partial charge in [-0.2, -0.15) is 0 Å². The quantitative estimate of drug-likeness (QED) is 0.523. The van der Waals surface area contributed by atoms with Gasteiger partial charge in [-0.15, -0.1) is 0 Å². The highest BCUT2D eigenvalue weighted by atomic mass is 31.2. The Hall–Kier alpha value is -0.540. The molecule has 170 valence electrons. The zero-order valence-corrected chi connectivity index (χ0v) is 19.0. The normalized spacial score (nSPS) is 37.2.